The lowest BCUT2D eigenvalue weighted by Crippen LogP contribution is -2.26. The third kappa shape index (κ3) is 7.32. The predicted molar refractivity (Wildman–Crippen MR) is 121 cm³/mol. The van der Waals surface area contributed by atoms with E-state index in [0.717, 1.165) is 28.4 Å². The van der Waals surface area contributed by atoms with Crippen molar-refractivity contribution >= 4 is 12.0 Å². The van der Waals surface area contributed by atoms with E-state index in [2.05, 4.69) is 0 Å². The number of ether oxygens (including phenoxy) is 3. The molecule has 0 aliphatic heterocycles. The molecule has 160 valence electrons. The Morgan fingerprint density at radius 2 is 1.68 bits per heavy atom. The van der Waals surface area contributed by atoms with Crippen LogP contribution in [0.15, 0.2) is 84.9 Å². The minimum absolute atomic E-state index is 0.324. The van der Waals surface area contributed by atoms with Crippen LogP contribution in [0.5, 0.6) is 17.2 Å². The molecular formula is C26H26O5. The molecule has 1 N–H and O–H groups in total. The number of benzene rings is 3. The van der Waals surface area contributed by atoms with E-state index in [-0.39, 0.29) is 0 Å². The van der Waals surface area contributed by atoms with Crippen molar-refractivity contribution in [1.82, 2.24) is 0 Å². The third-order valence-electron chi connectivity index (χ3n) is 4.48. The topological polar surface area (TPSA) is 65.0 Å². The monoisotopic (exact) mass is 418 g/mol. The molecule has 3 aromatic carbocycles. The summed E-state index contributed by atoms with van der Waals surface area (Å²) in [6.07, 6.45) is 3.41. The summed E-state index contributed by atoms with van der Waals surface area (Å²) in [7, 11) is 0. The smallest absolute Gasteiger partial charge is 0.333 e. The zero-order chi connectivity index (χ0) is 21.9. The summed E-state index contributed by atoms with van der Waals surface area (Å²) in [6.45, 7) is 2.57. The van der Waals surface area contributed by atoms with Crippen molar-refractivity contribution in [1.29, 1.82) is 0 Å². The Kier molecular flexibility index (Phi) is 8.26. The molecule has 0 amide bonds. The standard InChI is InChI=1S/C26H26O5/c1-2-29-25(26(27)28)19-21-13-15-22(16-14-21)30-17-7-9-20-8-6-12-24(18-20)31-23-10-4-3-5-11-23/h3-16,18,25H,2,17,19H2,1H3,(H,27,28)/b9-7+/t25-/m0/s1. The Bertz CT molecular complexity index is 980. The van der Waals surface area contributed by atoms with E-state index in [0.29, 0.717) is 19.6 Å². The summed E-state index contributed by atoms with van der Waals surface area (Å²) in [5.74, 6) is 1.34. The molecule has 0 aromatic heterocycles. The van der Waals surface area contributed by atoms with E-state index >= 15 is 0 Å². The van der Waals surface area contributed by atoms with E-state index < -0.39 is 12.1 Å². The zero-order valence-electron chi connectivity index (χ0n) is 17.4. The fourth-order valence-electron chi connectivity index (χ4n) is 2.99. The fourth-order valence-corrected chi connectivity index (χ4v) is 2.99. The van der Waals surface area contributed by atoms with E-state index in [9.17, 15) is 9.90 Å². The van der Waals surface area contributed by atoms with Crippen LogP contribution in [0.2, 0.25) is 0 Å². The molecule has 0 fully saturated rings. The van der Waals surface area contributed by atoms with Gasteiger partial charge in [0.05, 0.1) is 0 Å². The second-order valence-electron chi connectivity index (χ2n) is 6.83. The number of para-hydroxylation sites is 1. The minimum Gasteiger partial charge on any atom is -0.490 e. The Balaban J connectivity index is 1.50. The van der Waals surface area contributed by atoms with E-state index in [1.54, 1.807) is 6.92 Å². The van der Waals surface area contributed by atoms with Gasteiger partial charge in [0.25, 0.3) is 0 Å². The number of carboxylic acid groups (broad SMARTS) is 1. The van der Waals surface area contributed by atoms with Crippen LogP contribution in [-0.4, -0.2) is 30.4 Å². The van der Waals surface area contributed by atoms with Gasteiger partial charge in [-0.2, -0.15) is 0 Å². The summed E-state index contributed by atoms with van der Waals surface area (Å²) in [5.41, 5.74) is 1.90. The highest BCUT2D eigenvalue weighted by Gasteiger charge is 2.17. The van der Waals surface area contributed by atoms with Crippen LogP contribution in [0.4, 0.5) is 0 Å². The molecular weight excluding hydrogens is 392 g/mol. The van der Waals surface area contributed by atoms with E-state index in [4.69, 9.17) is 14.2 Å². The van der Waals surface area contributed by atoms with Crippen molar-refractivity contribution in [2.45, 2.75) is 19.4 Å². The first-order valence-electron chi connectivity index (χ1n) is 10.2. The molecule has 5 heteroatoms. The first kappa shape index (κ1) is 22.1. The SMILES string of the molecule is CCO[C@@H](Cc1ccc(OC/C=C/c2cccc(Oc3ccccc3)c2)cc1)C(=O)O. The van der Waals surface area contributed by atoms with Crippen LogP contribution in [0.25, 0.3) is 6.08 Å². The number of rotatable bonds is 11. The van der Waals surface area contributed by atoms with Gasteiger partial charge in [-0.05, 0) is 60.5 Å². The van der Waals surface area contributed by atoms with Crippen LogP contribution < -0.4 is 9.47 Å². The molecule has 5 nitrogen and oxygen atoms in total. The summed E-state index contributed by atoms with van der Waals surface area (Å²) < 4.78 is 16.8. The van der Waals surface area contributed by atoms with Gasteiger partial charge in [-0.25, -0.2) is 4.79 Å². The first-order valence-corrected chi connectivity index (χ1v) is 10.2. The quantitative estimate of drug-likeness (QED) is 0.439. The number of aliphatic carboxylic acids is 1. The molecule has 0 unspecified atom stereocenters. The molecule has 0 aliphatic carbocycles. The number of carboxylic acids is 1. The Morgan fingerprint density at radius 3 is 2.39 bits per heavy atom. The third-order valence-corrected chi connectivity index (χ3v) is 4.48. The molecule has 0 saturated carbocycles. The maximum absolute atomic E-state index is 11.2. The Morgan fingerprint density at radius 1 is 0.935 bits per heavy atom. The summed E-state index contributed by atoms with van der Waals surface area (Å²) >= 11 is 0. The lowest BCUT2D eigenvalue weighted by atomic mass is 10.1. The lowest BCUT2D eigenvalue weighted by molar-refractivity contribution is -0.149. The molecule has 1 atom stereocenters. The first-order chi connectivity index (χ1) is 15.1. The predicted octanol–water partition coefficient (Wildman–Crippen LogP) is 5.60. The van der Waals surface area contributed by atoms with Crippen molar-refractivity contribution in [3.05, 3.63) is 96.1 Å². The van der Waals surface area contributed by atoms with Crippen molar-refractivity contribution in [3.63, 3.8) is 0 Å². The van der Waals surface area contributed by atoms with Gasteiger partial charge in [-0.15, -0.1) is 0 Å². The van der Waals surface area contributed by atoms with Crippen molar-refractivity contribution in [2.24, 2.45) is 0 Å². The van der Waals surface area contributed by atoms with Crippen LogP contribution >= 0.6 is 0 Å². The second kappa shape index (κ2) is 11.6. The number of hydrogen-bond acceptors (Lipinski definition) is 4. The van der Waals surface area contributed by atoms with Crippen molar-refractivity contribution < 1.29 is 24.1 Å². The van der Waals surface area contributed by atoms with Crippen molar-refractivity contribution in [2.75, 3.05) is 13.2 Å². The number of carbonyl (C=O) groups is 1. The average Bonchev–Trinajstić information content (AvgIpc) is 2.78. The van der Waals surface area contributed by atoms with Crippen LogP contribution in [0, 0.1) is 0 Å². The van der Waals surface area contributed by atoms with Gasteiger partial charge < -0.3 is 19.3 Å². The zero-order valence-corrected chi connectivity index (χ0v) is 17.4. The van der Waals surface area contributed by atoms with Crippen LogP contribution in [0.1, 0.15) is 18.1 Å². The van der Waals surface area contributed by atoms with Crippen molar-refractivity contribution in [3.8, 4) is 17.2 Å². The molecule has 0 heterocycles. The number of hydrogen-bond donors (Lipinski definition) is 1. The largest absolute Gasteiger partial charge is 0.490 e. The molecule has 0 bridgehead atoms. The van der Waals surface area contributed by atoms with Gasteiger partial charge in [-0.1, -0.05) is 48.5 Å². The fraction of sp³-hybridized carbons (Fsp3) is 0.192. The van der Waals surface area contributed by atoms with Gasteiger partial charge in [-0.3, -0.25) is 0 Å². The minimum atomic E-state index is -0.953. The van der Waals surface area contributed by atoms with Gasteiger partial charge in [0.2, 0.25) is 0 Å². The maximum Gasteiger partial charge on any atom is 0.333 e. The molecule has 3 aromatic rings. The van der Waals surface area contributed by atoms with E-state index in [1.807, 2.05) is 91.0 Å². The molecule has 0 aliphatic rings. The highest BCUT2D eigenvalue weighted by molar-refractivity contribution is 5.72. The highest BCUT2D eigenvalue weighted by Crippen LogP contribution is 2.22. The highest BCUT2D eigenvalue weighted by atomic mass is 16.5. The van der Waals surface area contributed by atoms with Gasteiger partial charge in [0.15, 0.2) is 6.10 Å². The van der Waals surface area contributed by atoms with Gasteiger partial charge >= 0.3 is 5.97 Å². The summed E-state index contributed by atoms with van der Waals surface area (Å²) in [6, 6.07) is 24.9. The molecule has 31 heavy (non-hydrogen) atoms. The van der Waals surface area contributed by atoms with Gasteiger partial charge in [0.1, 0.15) is 23.9 Å². The molecule has 0 saturated heterocycles. The normalized spacial score (nSPS) is 11.9. The Labute approximate surface area is 182 Å². The Hall–Kier alpha value is -3.57. The molecule has 3 rings (SSSR count). The molecule has 0 spiro atoms. The van der Waals surface area contributed by atoms with Crippen LogP contribution in [-0.2, 0) is 16.0 Å². The molecule has 0 radical (unpaired) electrons. The maximum atomic E-state index is 11.2. The van der Waals surface area contributed by atoms with Crippen LogP contribution in [0.3, 0.4) is 0 Å². The lowest BCUT2D eigenvalue weighted by Gasteiger charge is -2.12. The summed E-state index contributed by atoms with van der Waals surface area (Å²) in [4.78, 5) is 11.2. The average molecular weight is 418 g/mol. The summed E-state index contributed by atoms with van der Waals surface area (Å²) in [5, 5.41) is 9.18. The second-order valence-corrected chi connectivity index (χ2v) is 6.83. The van der Waals surface area contributed by atoms with E-state index in [1.165, 1.54) is 0 Å². The van der Waals surface area contributed by atoms with Gasteiger partial charge in [0, 0.05) is 13.0 Å².